The number of hydrogen-bond donors (Lipinski definition) is 2. The van der Waals surface area contributed by atoms with Gasteiger partial charge in [0.1, 0.15) is 5.54 Å². The Morgan fingerprint density at radius 3 is 2.62 bits per heavy atom. The highest BCUT2D eigenvalue weighted by Gasteiger charge is 2.36. The Kier molecular flexibility index (Phi) is 4.98. The van der Waals surface area contributed by atoms with Crippen LogP contribution in [-0.4, -0.2) is 61.5 Å². The van der Waals surface area contributed by atoms with E-state index in [1.165, 1.54) is 5.56 Å². The van der Waals surface area contributed by atoms with E-state index in [1.807, 2.05) is 13.0 Å². The second-order valence-corrected chi connectivity index (χ2v) is 6.11. The summed E-state index contributed by atoms with van der Waals surface area (Å²) >= 11 is 0. The topological polar surface area (TPSA) is 61.6 Å². The highest BCUT2D eigenvalue weighted by Crippen LogP contribution is 2.26. The average Bonchev–Trinajstić information content (AvgIpc) is 2.49. The molecule has 1 aliphatic heterocycles. The average molecular weight is 290 g/mol. The molecule has 1 amide bonds. The molecule has 2 unspecified atom stereocenters. The van der Waals surface area contributed by atoms with Crippen LogP contribution in [0.3, 0.4) is 0 Å². The standard InChI is InChI=1S/C16H26N4O/c1-16(18-2,15(17)21)12-20-10-9-19(3)11-14(20)13-7-5-4-6-8-13/h4-8,14,18H,9-12H2,1-3H3,(H2,17,21). The molecule has 1 aromatic carbocycles. The van der Waals surface area contributed by atoms with Crippen LogP contribution in [0.5, 0.6) is 0 Å². The fraction of sp³-hybridized carbons (Fsp3) is 0.562. The zero-order valence-electron chi connectivity index (χ0n) is 13.2. The fourth-order valence-corrected chi connectivity index (χ4v) is 2.82. The molecule has 0 aliphatic carbocycles. The van der Waals surface area contributed by atoms with Gasteiger partial charge in [-0.3, -0.25) is 9.69 Å². The lowest BCUT2D eigenvalue weighted by atomic mass is 9.96. The molecule has 2 rings (SSSR count). The summed E-state index contributed by atoms with van der Waals surface area (Å²) in [7, 11) is 3.93. The van der Waals surface area contributed by atoms with Crippen LogP contribution >= 0.6 is 0 Å². The van der Waals surface area contributed by atoms with Gasteiger partial charge in [0.15, 0.2) is 0 Å². The minimum absolute atomic E-state index is 0.289. The van der Waals surface area contributed by atoms with Gasteiger partial charge in [-0.05, 0) is 26.6 Å². The summed E-state index contributed by atoms with van der Waals surface area (Å²) < 4.78 is 0. The van der Waals surface area contributed by atoms with Gasteiger partial charge in [-0.2, -0.15) is 0 Å². The molecule has 1 fully saturated rings. The number of primary amides is 1. The van der Waals surface area contributed by atoms with Crippen molar-refractivity contribution >= 4 is 5.91 Å². The highest BCUT2D eigenvalue weighted by atomic mass is 16.1. The monoisotopic (exact) mass is 290 g/mol. The smallest absolute Gasteiger partial charge is 0.238 e. The summed E-state index contributed by atoms with van der Waals surface area (Å²) in [5.74, 6) is -0.310. The largest absolute Gasteiger partial charge is 0.368 e. The summed E-state index contributed by atoms with van der Waals surface area (Å²) in [5.41, 5.74) is 6.15. The first kappa shape index (κ1) is 15.9. The molecule has 3 N–H and O–H groups in total. The molecule has 0 aromatic heterocycles. The number of nitrogens with two attached hydrogens (primary N) is 1. The first-order valence-corrected chi connectivity index (χ1v) is 7.42. The minimum Gasteiger partial charge on any atom is -0.368 e. The zero-order valence-corrected chi connectivity index (χ0v) is 13.2. The van der Waals surface area contributed by atoms with Crippen molar-refractivity contribution in [2.24, 2.45) is 5.73 Å². The first-order valence-electron chi connectivity index (χ1n) is 7.42. The van der Waals surface area contributed by atoms with Gasteiger partial charge in [-0.15, -0.1) is 0 Å². The molecule has 0 spiro atoms. The molecule has 21 heavy (non-hydrogen) atoms. The number of amides is 1. The second kappa shape index (κ2) is 6.56. The third-order valence-corrected chi connectivity index (χ3v) is 4.49. The van der Waals surface area contributed by atoms with E-state index in [2.05, 4.69) is 46.4 Å². The Labute approximate surface area is 127 Å². The van der Waals surface area contributed by atoms with Crippen molar-refractivity contribution in [2.45, 2.75) is 18.5 Å². The molecule has 1 aromatic rings. The summed E-state index contributed by atoms with van der Waals surface area (Å²) in [5, 5.41) is 3.08. The number of likely N-dealkylation sites (N-methyl/N-ethyl adjacent to an activating group) is 2. The Morgan fingerprint density at radius 1 is 1.38 bits per heavy atom. The van der Waals surface area contributed by atoms with Crippen molar-refractivity contribution in [3.05, 3.63) is 35.9 Å². The predicted octanol–water partition coefficient (Wildman–Crippen LogP) is 0.439. The number of carbonyl (C=O) groups excluding carboxylic acids is 1. The van der Waals surface area contributed by atoms with Crippen LogP contribution in [0.15, 0.2) is 30.3 Å². The molecule has 2 atom stereocenters. The van der Waals surface area contributed by atoms with Gasteiger partial charge in [0, 0.05) is 32.2 Å². The second-order valence-electron chi connectivity index (χ2n) is 6.11. The maximum absolute atomic E-state index is 11.8. The SMILES string of the molecule is CNC(C)(CN1CCN(C)CC1c1ccccc1)C(N)=O. The molecular weight excluding hydrogens is 264 g/mol. The minimum atomic E-state index is -0.705. The van der Waals surface area contributed by atoms with Crippen molar-refractivity contribution < 1.29 is 4.79 Å². The van der Waals surface area contributed by atoms with Crippen molar-refractivity contribution in [1.29, 1.82) is 0 Å². The molecule has 5 heteroatoms. The van der Waals surface area contributed by atoms with E-state index in [-0.39, 0.29) is 11.9 Å². The van der Waals surface area contributed by atoms with Gasteiger partial charge < -0.3 is 16.0 Å². The van der Waals surface area contributed by atoms with Crippen LogP contribution in [0.25, 0.3) is 0 Å². The fourth-order valence-electron chi connectivity index (χ4n) is 2.82. The lowest BCUT2D eigenvalue weighted by Crippen LogP contribution is -2.61. The zero-order chi connectivity index (χ0) is 15.5. The number of rotatable bonds is 5. The van der Waals surface area contributed by atoms with Crippen molar-refractivity contribution in [3.8, 4) is 0 Å². The lowest BCUT2D eigenvalue weighted by molar-refractivity contribution is -0.125. The molecule has 1 heterocycles. The molecule has 0 saturated carbocycles. The normalized spacial score (nSPS) is 23.7. The molecular formula is C16H26N4O. The van der Waals surface area contributed by atoms with E-state index in [4.69, 9.17) is 5.73 Å². The van der Waals surface area contributed by atoms with E-state index in [0.29, 0.717) is 6.54 Å². The van der Waals surface area contributed by atoms with Gasteiger partial charge >= 0.3 is 0 Å². The number of nitrogens with one attached hydrogen (secondary N) is 1. The lowest BCUT2D eigenvalue weighted by Gasteiger charge is -2.43. The quantitative estimate of drug-likeness (QED) is 0.826. The van der Waals surface area contributed by atoms with Gasteiger partial charge in [-0.25, -0.2) is 0 Å². The number of nitrogens with zero attached hydrogens (tertiary/aromatic N) is 2. The number of hydrogen-bond acceptors (Lipinski definition) is 4. The number of piperazine rings is 1. The Bertz CT molecular complexity index is 478. The highest BCUT2D eigenvalue weighted by molar-refractivity contribution is 5.84. The molecule has 0 bridgehead atoms. The van der Waals surface area contributed by atoms with E-state index >= 15 is 0 Å². The Balaban J connectivity index is 2.21. The molecule has 1 aliphatic rings. The Hall–Kier alpha value is -1.43. The van der Waals surface area contributed by atoms with Gasteiger partial charge in [-0.1, -0.05) is 30.3 Å². The molecule has 0 radical (unpaired) electrons. The van der Waals surface area contributed by atoms with E-state index in [9.17, 15) is 4.79 Å². The Morgan fingerprint density at radius 2 is 2.05 bits per heavy atom. The van der Waals surface area contributed by atoms with Crippen LogP contribution < -0.4 is 11.1 Å². The van der Waals surface area contributed by atoms with Gasteiger partial charge in [0.2, 0.25) is 5.91 Å². The van der Waals surface area contributed by atoms with Crippen molar-refractivity contribution in [2.75, 3.05) is 40.3 Å². The summed E-state index contributed by atoms with van der Waals surface area (Å²) in [6, 6.07) is 10.7. The van der Waals surface area contributed by atoms with Crippen molar-refractivity contribution in [3.63, 3.8) is 0 Å². The van der Waals surface area contributed by atoms with E-state index < -0.39 is 5.54 Å². The van der Waals surface area contributed by atoms with Gasteiger partial charge in [0.05, 0.1) is 0 Å². The maximum atomic E-state index is 11.8. The van der Waals surface area contributed by atoms with Crippen LogP contribution in [0.2, 0.25) is 0 Å². The maximum Gasteiger partial charge on any atom is 0.238 e. The predicted molar refractivity (Wildman–Crippen MR) is 84.9 cm³/mol. The molecule has 1 saturated heterocycles. The summed E-state index contributed by atoms with van der Waals surface area (Å²) in [4.78, 5) is 16.4. The summed E-state index contributed by atoms with van der Waals surface area (Å²) in [6.45, 7) is 5.38. The third kappa shape index (κ3) is 3.61. The van der Waals surface area contributed by atoms with Crippen molar-refractivity contribution in [1.82, 2.24) is 15.1 Å². The third-order valence-electron chi connectivity index (χ3n) is 4.49. The van der Waals surface area contributed by atoms with Gasteiger partial charge in [0.25, 0.3) is 0 Å². The number of carbonyl (C=O) groups is 1. The first-order chi connectivity index (χ1) is 9.96. The van der Waals surface area contributed by atoms with Crippen LogP contribution in [0.1, 0.15) is 18.5 Å². The van der Waals surface area contributed by atoms with E-state index in [1.54, 1.807) is 7.05 Å². The molecule has 5 nitrogen and oxygen atoms in total. The number of benzene rings is 1. The van der Waals surface area contributed by atoms with Crippen LogP contribution in [-0.2, 0) is 4.79 Å². The van der Waals surface area contributed by atoms with Crippen LogP contribution in [0, 0.1) is 0 Å². The van der Waals surface area contributed by atoms with Crippen LogP contribution in [0.4, 0.5) is 0 Å². The molecule has 116 valence electrons. The summed E-state index contributed by atoms with van der Waals surface area (Å²) in [6.07, 6.45) is 0. The van der Waals surface area contributed by atoms with E-state index in [0.717, 1.165) is 19.6 Å².